The highest BCUT2D eigenvalue weighted by atomic mass is 32.2. The lowest BCUT2D eigenvalue weighted by atomic mass is 10.1. The molecule has 0 aliphatic carbocycles. The minimum atomic E-state index is -0.496. The van der Waals surface area contributed by atoms with Crippen molar-refractivity contribution in [3.8, 4) is 11.5 Å². The van der Waals surface area contributed by atoms with Gasteiger partial charge >= 0.3 is 0 Å². The van der Waals surface area contributed by atoms with Crippen molar-refractivity contribution >= 4 is 40.6 Å². The Kier molecular flexibility index (Phi) is 8.48. The number of amides is 3. The van der Waals surface area contributed by atoms with Gasteiger partial charge in [-0.05, 0) is 79.6 Å². The molecule has 3 amide bonds. The normalized spacial score (nSPS) is 14.2. The van der Waals surface area contributed by atoms with Gasteiger partial charge in [0.2, 0.25) is 0 Å². The fraction of sp³-hybridized carbons (Fsp3) is 0.207. The third kappa shape index (κ3) is 6.23. The molecular formula is C29H27FN2O5S. The van der Waals surface area contributed by atoms with E-state index in [1.807, 2.05) is 39.0 Å². The van der Waals surface area contributed by atoms with Gasteiger partial charge in [-0.1, -0.05) is 36.4 Å². The zero-order valence-corrected chi connectivity index (χ0v) is 22.1. The summed E-state index contributed by atoms with van der Waals surface area (Å²) in [6.07, 6.45) is 1.58. The van der Waals surface area contributed by atoms with Crippen LogP contribution in [0.2, 0.25) is 0 Å². The molecule has 3 aromatic rings. The second kappa shape index (κ2) is 12.0. The Morgan fingerprint density at radius 1 is 1.03 bits per heavy atom. The number of halogens is 1. The number of nitrogens with one attached hydrogen (secondary N) is 1. The highest BCUT2D eigenvalue weighted by Gasteiger charge is 2.35. The van der Waals surface area contributed by atoms with Crippen molar-refractivity contribution in [1.82, 2.24) is 4.90 Å². The molecule has 1 heterocycles. The molecular weight excluding hydrogens is 507 g/mol. The van der Waals surface area contributed by atoms with Gasteiger partial charge in [-0.15, -0.1) is 0 Å². The van der Waals surface area contributed by atoms with E-state index >= 15 is 0 Å². The number of ether oxygens (including phenoxy) is 2. The van der Waals surface area contributed by atoms with E-state index in [-0.39, 0.29) is 29.5 Å². The zero-order valence-electron chi connectivity index (χ0n) is 21.2. The lowest BCUT2D eigenvalue weighted by Crippen LogP contribution is -2.27. The number of rotatable bonds is 9. The van der Waals surface area contributed by atoms with Crippen LogP contribution in [0.25, 0.3) is 6.08 Å². The zero-order chi connectivity index (χ0) is 27.2. The van der Waals surface area contributed by atoms with Crippen molar-refractivity contribution in [1.29, 1.82) is 0 Å². The number of aryl methyl sites for hydroxylation is 1. The van der Waals surface area contributed by atoms with Gasteiger partial charge in [0.15, 0.2) is 18.1 Å². The summed E-state index contributed by atoms with van der Waals surface area (Å²) >= 11 is 0.793. The smallest absolute Gasteiger partial charge is 0.293 e. The molecule has 0 bridgehead atoms. The van der Waals surface area contributed by atoms with Crippen molar-refractivity contribution in [2.24, 2.45) is 0 Å². The van der Waals surface area contributed by atoms with Gasteiger partial charge in [-0.3, -0.25) is 19.3 Å². The molecule has 0 saturated carbocycles. The third-order valence-electron chi connectivity index (χ3n) is 5.96. The number of carbonyl (C=O) groups is 3. The summed E-state index contributed by atoms with van der Waals surface area (Å²) < 4.78 is 25.4. The molecule has 0 radical (unpaired) electrons. The van der Waals surface area contributed by atoms with Gasteiger partial charge in [0.25, 0.3) is 17.1 Å². The van der Waals surface area contributed by atoms with Gasteiger partial charge in [0, 0.05) is 11.3 Å². The van der Waals surface area contributed by atoms with Crippen LogP contribution in [0.1, 0.15) is 29.2 Å². The maximum absolute atomic E-state index is 14.0. The van der Waals surface area contributed by atoms with E-state index < -0.39 is 17.0 Å². The Balaban J connectivity index is 1.45. The average molecular weight is 535 g/mol. The quantitative estimate of drug-likeness (QED) is 0.334. The van der Waals surface area contributed by atoms with Crippen LogP contribution in [-0.2, 0) is 16.1 Å². The molecule has 38 heavy (non-hydrogen) atoms. The standard InChI is InChI=1S/C29H27FN2O5S/c1-4-36-25-14-20(12-13-24(25)37-17-27(33)31-23-11-7-8-18(2)19(23)3)15-26-28(34)32(29(35)38-26)16-21-9-5-6-10-22(21)30/h5-15H,4,16-17H2,1-3H3,(H,31,33)/b26-15-. The van der Waals surface area contributed by atoms with Crippen LogP contribution >= 0.6 is 11.8 Å². The molecule has 0 aromatic heterocycles. The molecule has 1 aliphatic heterocycles. The predicted molar refractivity (Wildman–Crippen MR) is 146 cm³/mol. The number of benzene rings is 3. The van der Waals surface area contributed by atoms with Crippen molar-refractivity contribution in [3.63, 3.8) is 0 Å². The van der Waals surface area contributed by atoms with Crippen LogP contribution in [0.15, 0.2) is 65.6 Å². The first kappa shape index (κ1) is 26.9. The molecule has 0 spiro atoms. The molecule has 7 nitrogen and oxygen atoms in total. The number of anilines is 1. The highest BCUT2D eigenvalue weighted by Crippen LogP contribution is 2.35. The van der Waals surface area contributed by atoms with Crippen molar-refractivity contribution < 1.29 is 28.2 Å². The summed E-state index contributed by atoms with van der Waals surface area (Å²) in [7, 11) is 0. The summed E-state index contributed by atoms with van der Waals surface area (Å²) in [6.45, 7) is 5.72. The summed E-state index contributed by atoms with van der Waals surface area (Å²) in [5.74, 6) is -0.521. The monoisotopic (exact) mass is 534 g/mol. The first-order chi connectivity index (χ1) is 18.3. The lowest BCUT2D eigenvalue weighted by Gasteiger charge is -2.14. The number of carbonyl (C=O) groups excluding carboxylic acids is 3. The minimum absolute atomic E-state index is 0.143. The van der Waals surface area contributed by atoms with Gasteiger partial charge in [0.05, 0.1) is 18.1 Å². The maximum Gasteiger partial charge on any atom is 0.293 e. The Morgan fingerprint density at radius 3 is 2.58 bits per heavy atom. The molecule has 9 heteroatoms. The van der Waals surface area contributed by atoms with E-state index in [1.54, 1.807) is 36.4 Å². The molecule has 1 N–H and O–H groups in total. The van der Waals surface area contributed by atoms with Crippen LogP contribution in [0.3, 0.4) is 0 Å². The second-order valence-electron chi connectivity index (χ2n) is 8.58. The minimum Gasteiger partial charge on any atom is -0.490 e. The van der Waals surface area contributed by atoms with Gasteiger partial charge in [-0.2, -0.15) is 0 Å². The Morgan fingerprint density at radius 2 is 1.82 bits per heavy atom. The van der Waals surface area contributed by atoms with Crippen LogP contribution in [0, 0.1) is 19.7 Å². The topological polar surface area (TPSA) is 84.9 Å². The molecule has 1 aliphatic rings. The fourth-order valence-corrected chi connectivity index (χ4v) is 4.64. The molecule has 196 valence electrons. The summed E-state index contributed by atoms with van der Waals surface area (Å²) in [5.41, 5.74) is 3.65. The van der Waals surface area contributed by atoms with Gasteiger partial charge in [0.1, 0.15) is 5.82 Å². The number of thioether (sulfide) groups is 1. The van der Waals surface area contributed by atoms with Crippen LogP contribution in [-0.4, -0.2) is 35.2 Å². The van der Waals surface area contributed by atoms with Crippen molar-refractivity contribution in [2.75, 3.05) is 18.5 Å². The first-order valence-corrected chi connectivity index (χ1v) is 12.8. The molecule has 3 aromatic carbocycles. The highest BCUT2D eigenvalue weighted by molar-refractivity contribution is 8.18. The summed E-state index contributed by atoms with van der Waals surface area (Å²) in [6, 6.07) is 16.7. The SMILES string of the molecule is CCOc1cc(/C=C2\SC(=O)N(Cc3ccccc3F)C2=O)ccc1OCC(=O)Nc1cccc(C)c1C. The Labute approximate surface area is 224 Å². The maximum atomic E-state index is 14.0. The fourth-order valence-electron chi connectivity index (χ4n) is 3.80. The summed E-state index contributed by atoms with van der Waals surface area (Å²) in [5, 5.41) is 2.38. The van der Waals surface area contributed by atoms with Crippen molar-refractivity contribution in [2.45, 2.75) is 27.3 Å². The second-order valence-corrected chi connectivity index (χ2v) is 9.58. The van der Waals surface area contributed by atoms with Crippen LogP contribution < -0.4 is 14.8 Å². The number of nitrogens with zero attached hydrogens (tertiary/aromatic N) is 1. The Hall–Kier alpha value is -4.11. The van der Waals surface area contributed by atoms with E-state index in [9.17, 15) is 18.8 Å². The van der Waals surface area contributed by atoms with Crippen LogP contribution in [0.4, 0.5) is 14.9 Å². The lowest BCUT2D eigenvalue weighted by molar-refractivity contribution is -0.123. The largest absolute Gasteiger partial charge is 0.490 e. The average Bonchev–Trinajstić information content (AvgIpc) is 3.15. The first-order valence-electron chi connectivity index (χ1n) is 12.0. The molecule has 1 saturated heterocycles. The number of imide groups is 1. The molecule has 0 unspecified atom stereocenters. The Bertz CT molecular complexity index is 1420. The molecule has 4 rings (SSSR count). The van der Waals surface area contributed by atoms with E-state index in [0.717, 1.165) is 33.5 Å². The third-order valence-corrected chi connectivity index (χ3v) is 6.87. The number of hydrogen-bond donors (Lipinski definition) is 1. The van der Waals surface area contributed by atoms with E-state index in [0.29, 0.717) is 23.7 Å². The van der Waals surface area contributed by atoms with E-state index in [4.69, 9.17) is 9.47 Å². The predicted octanol–water partition coefficient (Wildman–Crippen LogP) is 6.10. The summed E-state index contributed by atoms with van der Waals surface area (Å²) in [4.78, 5) is 39.1. The molecule has 0 atom stereocenters. The number of hydrogen-bond acceptors (Lipinski definition) is 6. The van der Waals surface area contributed by atoms with E-state index in [1.165, 1.54) is 12.1 Å². The van der Waals surface area contributed by atoms with Gasteiger partial charge in [-0.25, -0.2) is 4.39 Å². The van der Waals surface area contributed by atoms with E-state index in [2.05, 4.69) is 5.32 Å². The molecule has 1 fully saturated rings. The van der Waals surface area contributed by atoms with Crippen LogP contribution in [0.5, 0.6) is 11.5 Å². The van der Waals surface area contributed by atoms with Crippen molar-refractivity contribution in [3.05, 3.63) is 93.6 Å². The van der Waals surface area contributed by atoms with Gasteiger partial charge < -0.3 is 14.8 Å².